The van der Waals surface area contributed by atoms with Gasteiger partial charge >= 0.3 is 5.97 Å². The maximum Gasteiger partial charge on any atom is 0.310 e. The lowest BCUT2D eigenvalue weighted by molar-refractivity contribution is -0.139. The predicted octanol–water partition coefficient (Wildman–Crippen LogP) is 3.63. The first-order valence-corrected chi connectivity index (χ1v) is 5.92. The first kappa shape index (κ1) is 12.9. The molecule has 1 aliphatic rings. The summed E-state index contributed by atoms with van der Waals surface area (Å²) in [5.41, 5.74) is -0.444. The summed E-state index contributed by atoms with van der Waals surface area (Å²) in [6, 6.07) is 3.98. The minimum absolute atomic E-state index is 0.0797. The van der Waals surface area contributed by atoms with E-state index in [0.717, 1.165) is 0 Å². The number of hydrogen-bond acceptors (Lipinski definition) is 1. The highest BCUT2D eigenvalue weighted by Crippen LogP contribution is 2.69. The van der Waals surface area contributed by atoms with E-state index in [9.17, 15) is 9.18 Å². The largest absolute Gasteiger partial charge is 0.481 e. The molecule has 1 aromatic rings. The lowest BCUT2D eigenvalue weighted by Gasteiger charge is -2.12. The van der Waals surface area contributed by atoms with Gasteiger partial charge in [-0.25, -0.2) is 4.39 Å². The lowest BCUT2D eigenvalue weighted by atomic mass is 9.95. The van der Waals surface area contributed by atoms with E-state index in [0.29, 0.717) is 5.56 Å². The van der Waals surface area contributed by atoms with Crippen LogP contribution in [0.25, 0.3) is 0 Å². The van der Waals surface area contributed by atoms with Gasteiger partial charge in [-0.05, 0) is 17.7 Å². The molecule has 1 aliphatic carbocycles. The molecule has 1 unspecified atom stereocenters. The van der Waals surface area contributed by atoms with Crippen molar-refractivity contribution in [1.82, 2.24) is 0 Å². The van der Waals surface area contributed by atoms with E-state index in [1.807, 2.05) is 0 Å². The van der Waals surface area contributed by atoms with Crippen molar-refractivity contribution in [3.8, 4) is 0 Å². The fraction of sp³-hybridized carbons (Fsp3) is 0.364. The third-order valence-electron chi connectivity index (χ3n) is 3.32. The second kappa shape index (κ2) is 3.74. The summed E-state index contributed by atoms with van der Waals surface area (Å²) >= 11 is 17.6. The molecule has 0 saturated heterocycles. The zero-order chi connectivity index (χ0) is 13.0. The number of halogens is 4. The standard InChI is InChI=1S/C11H8Cl3FO2/c1-10(8(9(16)17)11(10,13)14)5-2-3-7(15)6(12)4-5/h2-4,8H,1H3,(H,16,17)/t8-,10?/m0/s1. The number of carboxylic acid groups (broad SMARTS) is 1. The van der Waals surface area contributed by atoms with Crippen molar-refractivity contribution in [2.75, 3.05) is 0 Å². The molecule has 2 nitrogen and oxygen atoms in total. The molecule has 0 amide bonds. The smallest absolute Gasteiger partial charge is 0.310 e. The van der Waals surface area contributed by atoms with E-state index >= 15 is 0 Å². The van der Waals surface area contributed by atoms with E-state index in [4.69, 9.17) is 39.9 Å². The van der Waals surface area contributed by atoms with Gasteiger partial charge in [0.25, 0.3) is 0 Å². The quantitative estimate of drug-likeness (QED) is 0.847. The number of aliphatic carboxylic acids is 1. The molecule has 0 spiro atoms. The summed E-state index contributed by atoms with van der Waals surface area (Å²) in [4.78, 5) is 11.0. The zero-order valence-corrected chi connectivity index (χ0v) is 10.9. The van der Waals surface area contributed by atoms with Gasteiger partial charge in [0.1, 0.15) is 16.1 Å². The van der Waals surface area contributed by atoms with Crippen LogP contribution in [-0.2, 0) is 10.2 Å². The van der Waals surface area contributed by atoms with E-state index in [2.05, 4.69) is 0 Å². The summed E-state index contributed by atoms with van der Waals surface area (Å²) in [5, 5.41) is 8.95. The molecule has 0 heterocycles. The first-order chi connectivity index (χ1) is 7.73. The van der Waals surface area contributed by atoms with Crippen molar-refractivity contribution >= 4 is 40.8 Å². The number of rotatable bonds is 2. The van der Waals surface area contributed by atoms with Crippen LogP contribution in [0.4, 0.5) is 4.39 Å². The average molecular weight is 298 g/mol. The molecule has 0 radical (unpaired) electrons. The van der Waals surface area contributed by atoms with Crippen molar-refractivity contribution in [2.24, 2.45) is 5.92 Å². The Labute approximate surface area is 112 Å². The van der Waals surface area contributed by atoms with Crippen molar-refractivity contribution in [3.63, 3.8) is 0 Å². The first-order valence-electron chi connectivity index (χ1n) is 4.79. The fourth-order valence-corrected chi connectivity index (χ4v) is 3.24. The molecule has 17 heavy (non-hydrogen) atoms. The van der Waals surface area contributed by atoms with Crippen molar-refractivity contribution in [3.05, 3.63) is 34.6 Å². The number of alkyl halides is 2. The fourth-order valence-electron chi connectivity index (χ4n) is 2.11. The van der Waals surface area contributed by atoms with E-state index in [1.54, 1.807) is 6.92 Å². The molecule has 2 rings (SSSR count). The monoisotopic (exact) mass is 296 g/mol. The topological polar surface area (TPSA) is 37.3 Å². The molecule has 0 bridgehead atoms. The highest BCUT2D eigenvalue weighted by atomic mass is 35.5. The van der Waals surface area contributed by atoms with Crippen molar-refractivity contribution in [2.45, 2.75) is 16.7 Å². The maximum atomic E-state index is 13.0. The summed E-state index contributed by atoms with van der Waals surface area (Å²) in [5.74, 6) is -2.58. The molecule has 1 fully saturated rings. The Bertz CT molecular complexity index is 503. The van der Waals surface area contributed by atoms with Crippen LogP contribution in [0.2, 0.25) is 5.02 Å². The Kier molecular flexibility index (Phi) is 2.85. The second-order valence-corrected chi connectivity index (χ2v) is 6.02. The molecular formula is C11H8Cl3FO2. The summed E-state index contributed by atoms with van der Waals surface area (Å²) in [7, 11) is 0. The summed E-state index contributed by atoms with van der Waals surface area (Å²) < 4.78 is 11.6. The summed E-state index contributed by atoms with van der Waals surface area (Å²) in [6.07, 6.45) is 0. The maximum absolute atomic E-state index is 13.0. The van der Waals surface area contributed by atoms with Gasteiger partial charge < -0.3 is 5.11 Å². The minimum atomic E-state index is -1.40. The van der Waals surface area contributed by atoms with Crippen LogP contribution in [0.5, 0.6) is 0 Å². The van der Waals surface area contributed by atoms with Crippen LogP contribution in [0.15, 0.2) is 18.2 Å². The Morgan fingerprint density at radius 1 is 1.47 bits per heavy atom. The lowest BCUT2D eigenvalue weighted by Crippen LogP contribution is -2.12. The van der Waals surface area contributed by atoms with Crippen LogP contribution >= 0.6 is 34.8 Å². The number of benzene rings is 1. The van der Waals surface area contributed by atoms with Crippen LogP contribution in [-0.4, -0.2) is 15.4 Å². The van der Waals surface area contributed by atoms with Gasteiger partial charge in [-0.1, -0.05) is 47.8 Å². The average Bonchev–Trinajstić information content (AvgIpc) is 2.66. The molecule has 1 saturated carbocycles. The second-order valence-electron chi connectivity index (χ2n) is 4.23. The van der Waals surface area contributed by atoms with Gasteiger partial charge in [-0.15, -0.1) is 0 Å². The van der Waals surface area contributed by atoms with Crippen molar-refractivity contribution in [1.29, 1.82) is 0 Å². The number of hydrogen-bond donors (Lipinski definition) is 1. The predicted molar refractivity (Wildman–Crippen MR) is 64.3 cm³/mol. The van der Waals surface area contributed by atoms with E-state index in [1.165, 1.54) is 18.2 Å². The van der Waals surface area contributed by atoms with Crippen LogP contribution < -0.4 is 0 Å². The highest BCUT2D eigenvalue weighted by Gasteiger charge is 2.77. The number of carbonyl (C=O) groups is 1. The Morgan fingerprint density at radius 2 is 2.06 bits per heavy atom. The molecule has 6 heteroatoms. The third-order valence-corrected chi connectivity index (χ3v) is 4.83. The van der Waals surface area contributed by atoms with E-state index in [-0.39, 0.29) is 5.02 Å². The normalized spacial score (nSPS) is 30.1. The number of carboxylic acids is 1. The van der Waals surface area contributed by atoms with Crippen LogP contribution in [0.3, 0.4) is 0 Å². The molecule has 1 aromatic carbocycles. The molecule has 1 N–H and O–H groups in total. The van der Waals surface area contributed by atoms with Gasteiger partial charge in [0.15, 0.2) is 0 Å². The van der Waals surface area contributed by atoms with E-state index < -0.39 is 27.5 Å². The molecular weight excluding hydrogens is 289 g/mol. The minimum Gasteiger partial charge on any atom is -0.481 e. The zero-order valence-electron chi connectivity index (χ0n) is 8.68. The molecule has 2 atom stereocenters. The Hall–Kier alpha value is -0.510. The molecule has 0 aliphatic heterocycles. The van der Waals surface area contributed by atoms with Gasteiger partial charge in [-0.3, -0.25) is 4.79 Å². The van der Waals surface area contributed by atoms with Crippen molar-refractivity contribution < 1.29 is 14.3 Å². The Balaban J connectivity index is 2.47. The Morgan fingerprint density at radius 3 is 2.47 bits per heavy atom. The highest BCUT2D eigenvalue weighted by molar-refractivity contribution is 6.54. The molecule has 92 valence electrons. The van der Waals surface area contributed by atoms with Gasteiger partial charge in [-0.2, -0.15) is 0 Å². The third kappa shape index (κ3) is 1.64. The van der Waals surface area contributed by atoms with Gasteiger partial charge in [0.05, 0.1) is 5.02 Å². The molecule has 0 aromatic heterocycles. The van der Waals surface area contributed by atoms with Gasteiger partial charge in [0, 0.05) is 5.41 Å². The van der Waals surface area contributed by atoms with Crippen LogP contribution in [0.1, 0.15) is 12.5 Å². The van der Waals surface area contributed by atoms with Gasteiger partial charge in [0.2, 0.25) is 0 Å². The SMILES string of the molecule is CC1(c2ccc(F)c(Cl)c2)[C@H](C(=O)O)C1(Cl)Cl. The summed E-state index contributed by atoms with van der Waals surface area (Å²) in [6.45, 7) is 1.62. The van der Waals surface area contributed by atoms with Crippen LogP contribution in [0, 0.1) is 11.7 Å².